The summed E-state index contributed by atoms with van der Waals surface area (Å²) in [5.74, 6) is 0.240. The molecule has 0 saturated carbocycles. The molecule has 0 aromatic heterocycles. The molecule has 2 heterocycles. The van der Waals surface area contributed by atoms with Crippen LogP contribution in [0, 0.1) is 10.1 Å². The predicted molar refractivity (Wildman–Crippen MR) is 95.4 cm³/mol. The number of rotatable bonds is 3. The highest BCUT2D eigenvalue weighted by atomic mass is 16.6. The van der Waals surface area contributed by atoms with Crippen molar-refractivity contribution in [3.05, 3.63) is 91.1 Å². The van der Waals surface area contributed by atoms with Crippen LogP contribution in [-0.2, 0) is 6.54 Å². The molecule has 0 aliphatic carbocycles. The third-order valence-corrected chi connectivity index (χ3v) is 4.17. The quantitative estimate of drug-likeness (QED) is 0.346. The number of H-pyrrole nitrogens is 1. The van der Waals surface area contributed by atoms with Crippen molar-refractivity contribution >= 4 is 16.6 Å². The number of pyridine rings is 1. The second-order valence-corrected chi connectivity index (χ2v) is 5.82. The second kappa shape index (κ2) is 5.92. The predicted octanol–water partition coefficient (Wildman–Crippen LogP) is 2.15. The minimum atomic E-state index is -0.731. The SMILES string of the molecule is O=c1nc2n(Cc3ccccc3)c3ccc([N+](=O)[O-])cc3cc-2c(=O)[nH]1. The zero-order valence-corrected chi connectivity index (χ0v) is 13.4. The standard InChI is InChI=1S/C18H12N4O4/c23-17-14-9-12-8-13(22(25)26)6-7-15(12)21(16(14)19-18(24)20-17)10-11-4-2-1-3-5-11/h1-9H,10H2,(H,20,23,24). The van der Waals surface area contributed by atoms with E-state index in [0.717, 1.165) is 5.56 Å². The Bertz CT molecular complexity index is 1230. The van der Waals surface area contributed by atoms with E-state index in [2.05, 4.69) is 9.97 Å². The van der Waals surface area contributed by atoms with E-state index in [1.807, 2.05) is 30.3 Å². The average molecular weight is 348 g/mol. The minimum Gasteiger partial charge on any atom is -0.321 e. The van der Waals surface area contributed by atoms with Crippen molar-refractivity contribution in [2.75, 3.05) is 0 Å². The molecular weight excluding hydrogens is 336 g/mol. The fraction of sp³-hybridized carbons (Fsp3) is 0.0556. The Hall–Kier alpha value is -3.81. The maximum absolute atomic E-state index is 12.2. The molecule has 128 valence electrons. The van der Waals surface area contributed by atoms with Crippen LogP contribution in [0.25, 0.3) is 22.3 Å². The molecule has 4 rings (SSSR count). The summed E-state index contributed by atoms with van der Waals surface area (Å²) >= 11 is 0. The number of hydrogen-bond donors (Lipinski definition) is 1. The molecular formula is C18H12N4O4. The van der Waals surface area contributed by atoms with E-state index < -0.39 is 16.2 Å². The van der Waals surface area contributed by atoms with Gasteiger partial charge in [-0.2, -0.15) is 4.98 Å². The Labute approximate surface area is 145 Å². The van der Waals surface area contributed by atoms with Gasteiger partial charge in [-0.05, 0) is 17.7 Å². The van der Waals surface area contributed by atoms with E-state index in [-0.39, 0.29) is 17.1 Å². The molecule has 0 spiro atoms. The number of nitrogens with zero attached hydrogens (tertiary/aromatic N) is 3. The average Bonchev–Trinajstić information content (AvgIpc) is 2.62. The first-order valence-electron chi connectivity index (χ1n) is 7.79. The number of hydrogen-bond acceptors (Lipinski definition) is 5. The van der Waals surface area contributed by atoms with Crippen molar-refractivity contribution in [2.45, 2.75) is 6.54 Å². The first-order chi connectivity index (χ1) is 12.5. The van der Waals surface area contributed by atoms with Gasteiger partial charge in [0, 0.05) is 24.1 Å². The van der Waals surface area contributed by atoms with Gasteiger partial charge in [0.15, 0.2) is 5.82 Å². The molecule has 0 unspecified atom stereocenters. The summed E-state index contributed by atoms with van der Waals surface area (Å²) < 4.78 is 1.72. The van der Waals surface area contributed by atoms with Crippen molar-refractivity contribution in [1.29, 1.82) is 0 Å². The molecule has 0 bridgehead atoms. The van der Waals surface area contributed by atoms with Crippen molar-refractivity contribution in [1.82, 2.24) is 14.5 Å². The number of fused-ring (bicyclic) bond motifs is 2. The van der Waals surface area contributed by atoms with Gasteiger partial charge in [-0.15, -0.1) is 0 Å². The first kappa shape index (κ1) is 15.7. The van der Waals surface area contributed by atoms with E-state index in [9.17, 15) is 19.7 Å². The monoisotopic (exact) mass is 348 g/mol. The maximum Gasteiger partial charge on any atom is 0.349 e. The summed E-state index contributed by atoms with van der Waals surface area (Å²) in [5.41, 5.74) is 0.408. The lowest BCUT2D eigenvalue weighted by atomic mass is 10.1. The molecule has 0 saturated heterocycles. The molecule has 2 aromatic rings. The zero-order valence-electron chi connectivity index (χ0n) is 13.4. The van der Waals surface area contributed by atoms with Gasteiger partial charge in [0.25, 0.3) is 11.2 Å². The molecule has 1 N–H and O–H groups in total. The first-order valence-corrected chi connectivity index (χ1v) is 7.79. The van der Waals surface area contributed by atoms with Crippen LogP contribution in [0.1, 0.15) is 5.56 Å². The summed E-state index contributed by atoms with van der Waals surface area (Å²) in [6, 6.07) is 15.4. The van der Waals surface area contributed by atoms with Crippen LogP contribution in [0.3, 0.4) is 0 Å². The van der Waals surface area contributed by atoms with Crippen LogP contribution in [0.2, 0.25) is 0 Å². The van der Waals surface area contributed by atoms with E-state index in [4.69, 9.17) is 0 Å². The number of benzene rings is 2. The second-order valence-electron chi connectivity index (χ2n) is 5.82. The number of nitro benzene ring substituents is 1. The summed E-state index contributed by atoms with van der Waals surface area (Å²) in [6.07, 6.45) is 0. The van der Waals surface area contributed by atoms with Gasteiger partial charge in [0.05, 0.1) is 16.0 Å². The fourth-order valence-electron chi connectivity index (χ4n) is 3.00. The molecule has 2 aliphatic heterocycles. The van der Waals surface area contributed by atoms with Crippen molar-refractivity contribution < 1.29 is 4.92 Å². The number of nitrogens with one attached hydrogen (secondary N) is 1. The number of non-ortho nitro benzene ring substituents is 1. The van der Waals surface area contributed by atoms with Crippen LogP contribution in [0.5, 0.6) is 0 Å². The fourth-order valence-corrected chi connectivity index (χ4v) is 3.00. The largest absolute Gasteiger partial charge is 0.349 e. The summed E-state index contributed by atoms with van der Waals surface area (Å²) in [7, 11) is 0. The van der Waals surface area contributed by atoms with Crippen molar-refractivity contribution in [3.8, 4) is 11.4 Å². The Balaban J connectivity index is 2.08. The van der Waals surface area contributed by atoms with Crippen molar-refractivity contribution in [2.24, 2.45) is 0 Å². The number of aromatic nitrogens is 3. The summed E-state index contributed by atoms with van der Waals surface area (Å²) in [4.78, 5) is 40.6. The van der Waals surface area contributed by atoms with Crippen molar-refractivity contribution in [3.63, 3.8) is 0 Å². The van der Waals surface area contributed by atoms with Gasteiger partial charge in [-0.1, -0.05) is 30.3 Å². The Morgan fingerprint density at radius 3 is 2.58 bits per heavy atom. The Morgan fingerprint density at radius 2 is 1.85 bits per heavy atom. The lowest BCUT2D eigenvalue weighted by Crippen LogP contribution is -2.27. The van der Waals surface area contributed by atoms with E-state index >= 15 is 0 Å². The van der Waals surface area contributed by atoms with Crippen LogP contribution < -0.4 is 11.2 Å². The topological polar surface area (TPSA) is 111 Å². The van der Waals surface area contributed by atoms with Crippen LogP contribution in [0.4, 0.5) is 5.69 Å². The van der Waals surface area contributed by atoms with Gasteiger partial charge in [0.1, 0.15) is 0 Å². The zero-order chi connectivity index (χ0) is 18.3. The third-order valence-electron chi connectivity index (χ3n) is 4.17. The number of nitro groups is 1. The highest BCUT2D eigenvalue weighted by Crippen LogP contribution is 2.27. The molecule has 0 amide bonds. The van der Waals surface area contributed by atoms with Gasteiger partial charge < -0.3 is 4.57 Å². The van der Waals surface area contributed by atoms with Gasteiger partial charge in [0.2, 0.25) is 0 Å². The van der Waals surface area contributed by atoms with E-state index in [0.29, 0.717) is 17.4 Å². The smallest absolute Gasteiger partial charge is 0.321 e. The van der Waals surface area contributed by atoms with Gasteiger partial charge in [-0.3, -0.25) is 19.9 Å². The van der Waals surface area contributed by atoms with Crippen LogP contribution in [-0.4, -0.2) is 19.5 Å². The summed E-state index contributed by atoms with van der Waals surface area (Å²) in [5, 5.41) is 11.6. The molecule has 0 fully saturated rings. The Kier molecular flexibility index (Phi) is 3.58. The Morgan fingerprint density at radius 1 is 1.08 bits per heavy atom. The van der Waals surface area contributed by atoms with Crippen LogP contribution in [0.15, 0.2) is 64.2 Å². The molecule has 0 atom stereocenters. The molecule has 8 heteroatoms. The molecule has 2 aliphatic rings. The normalized spacial score (nSPS) is 11.1. The molecule has 0 radical (unpaired) electrons. The van der Waals surface area contributed by atoms with Gasteiger partial charge in [-0.25, -0.2) is 4.79 Å². The lowest BCUT2D eigenvalue weighted by Gasteiger charge is -2.17. The van der Waals surface area contributed by atoms with Crippen LogP contribution >= 0.6 is 0 Å². The molecule has 8 nitrogen and oxygen atoms in total. The summed E-state index contributed by atoms with van der Waals surface area (Å²) in [6.45, 7) is 0.363. The third kappa shape index (κ3) is 2.63. The molecule has 26 heavy (non-hydrogen) atoms. The van der Waals surface area contributed by atoms with E-state index in [1.165, 1.54) is 18.2 Å². The highest BCUT2D eigenvalue weighted by molar-refractivity contribution is 5.87. The highest BCUT2D eigenvalue weighted by Gasteiger charge is 2.18. The van der Waals surface area contributed by atoms with E-state index in [1.54, 1.807) is 10.6 Å². The lowest BCUT2D eigenvalue weighted by molar-refractivity contribution is -0.384. The minimum absolute atomic E-state index is 0.0760. The number of aromatic amines is 1. The maximum atomic E-state index is 12.2. The molecule has 2 aromatic carbocycles. The van der Waals surface area contributed by atoms with Gasteiger partial charge >= 0.3 is 5.69 Å².